The Morgan fingerprint density at radius 2 is 2.30 bits per heavy atom. The van der Waals surface area contributed by atoms with E-state index in [4.69, 9.17) is 0 Å². The molecule has 0 radical (unpaired) electrons. The second-order valence-electron chi connectivity index (χ2n) is 2.03. The molecule has 0 saturated carbocycles. The molecule has 0 aliphatic rings. The summed E-state index contributed by atoms with van der Waals surface area (Å²) >= 11 is 2.07. The molecule has 1 amide bonds. The molecule has 0 saturated heterocycles. The highest BCUT2D eigenvalue weighted by Crippen LogP contribution is 1.85. The van der Waals surface area contributed by atoms with Crippen molar-refractivity contribution in [2.45, 2.75) is 13.3 Å². The maximum Gasteiger partial charge on any atom is 0.209 e. The molecule has 0 atom stereocenters. The van der Waals surface area contributed by atoms with Crippen LogP contribution in [0.4, 0.5) is 0 Å². The van der Waals surface area contributed by atoms with Crippen LogP contribution in [-0.2, 0) is 4.79 Å². The molecule has 0 aliphatic heterocycles. The fraction of sp³-hybridized carbons (Fsp3) is 0.833. The predicted octanol–water partition coefficient (Wildman–Crippen LogP) is 0.794. The number of amides is 1. The molecule has 0 bridgehead atoms. The third-order valence-electron chi connectivity index (χ3n) is 1.15. The highest BCUT2D eigenvalue weighted by atomic mass is 127. The topological polar surface area (TPSA) is 32.3 Å². The third kappa shape index (κ3) is 4.99. The minimum absolute atomic E-state index is 0.806. The zero-order valence-electron chi connectivity index (χ0n) is 6.14. The van der Waals surface area contributed by atoms with Crippen LogP contribution in [0.15, 0.2) is 0 Å². The van der Waals surface area contributed by atoms with Crippen LogP contribution in [0.2, 0.25) is 0 Å². The molecule has 0 unspecified atom stereocenters. The van der Waals surface area contributed by atoms with E-state index in [0.29, 0.717) is 0 Å². The molecule has 0 aromatic heterocycles. The van der Waals surface area contributed by atoms with Crippen LogP contribution in [0.25, 0.3) is 0 Å². The van der Waals surface area contributed by atoms with E-state index in [1.54, 1.807) is 4.90 Å². The number of hydrogen-bond acceptors (Lipinski definition) is 2. The second kappa shape index (κ2) is 7.27. The Morgan fingerprint density at radius 1 is 1.60 bits per heavy atom. The van der Waals surface area contributed by atoms with Gasteiger partial charge in [-0.25, -0.2) is 0 Å². The molecule has 0 spiro atoms. The predicted molar refractivity (Wildman–Crippen MR) is 50.0 cm³/mol. The van der Waals surface area contributed by atoms with Crippen LogP contribution < -0.4 is 3.53 Å². The molecular weight excluding hydrogens is 243 g/mol. The first-order valence-corrected chi connectivity index (χ1v) is 4.45. The molecule has 3 nitrogen and oxygen atoms in total. The van der Waals surface area contributed by atoms with Crippen molar-refractivity contribution in [1.29, 1.82) is 0 Å². The minimum atomic E-state index is 0.806. The van der Waals surface area contributed by atoms with Crippen molar-refractivity contribution in [1.82, 2.24) is 8.43 Å². The molecule has 60 valence electrons. The van der Waals surface area contributed by atoms with Gasteiger partial charge in [-0.3, -0.25) is 8.32 Å². The zero-order valence-corrected chi connectivity index (χ0v) is 8.30. The van der Waals surface area contributed by atoms with Crippen molar-refractivity contribution in [3.63, 3.8) is 0 Å². The van der Waals surface area contributed by atoms with Gasteiger partial charge in [0, 0.05) is 42.5 Å². The van der Waals surface area contributed by atoms with Gasteiger partial charge in [-0.15, -0.1) is 0 Å². The van der Waals surface area contributed by atoms with Crippen molar-refractivity contribution >= 4 is 29.3 Å². The number of nitrogens with zero attached hydrogens (tertiary/aromatic N) is 1. The van der Waals surface area contributed by atoms with Crippen LogP contribution in [0, 0.1) is 0 Å². The Kier molecular flexibility index (Phi) is 7.39. The lowest BCUT2D eigenvalue weighted by Gasteiger charge is -2.14. The number of rotatable bonds is 6. The highest BCUT2D eigenvalue weighted by molar-refractivity contribution is 14.1. The van der Waals surface area contributed by atoms with Crippen molar-refractivity contribution in [2.24, 2.45) is 0 Å². The Labute approximate surface area is 75.7 Å². The molecule has 4 heteroatoms. The van der Waals surface area contributed by atoms with E-state index in [0.717, 1.165) is 32.5 Å². The summed E-state index contributed by atoms with van der Waals surface area (Å²) in [6.07, 6.45) is 1.93. The first kappa shape index (κ1) is 10.2. The van der Waals surface area contributed by atoms with Crippen molar-refractivity contribution < 1.29 is 4.79 Å². The Balaban J connectivity index is 3.29. The molecule has 0 rings (SSSR count). The van der Waals surface area contributed by atoms with E-state index in [1.165, 1.54) is 0 Å². The van der Waals surface area contributed by atoms with Gasteiger partial charge < -0.3 is 4.90 Å². The molecule has 0 aromatic carbocycles. The van der Waals surface area contributed by atoms with Gasteiger partial charge in [0.25, 0.3) is 0 Å². The van der Waals surface area contributed by atoms with Crippen LogP contribution >= 0.6 is 22.9 Å². The minimum Gasteiger partial charge on any atom is -0.344 e. The molecule has 0 aliphatic carbocycles. The van der Waals surface area contributed by atoms with Crippen LogP contribution in [0.3, 0.4) is 0 Å². The van der Waals surface area contributed by atoms with Gasteiger partial charge in [0.05, 0.1) is 0 Å². The standard InChI is InChI=1S/C6H13IN2O/c1-2-4-9(6-10)5-3-8-7/h6,8H,2-5H2,1H3. The lowest BCUT2D eigenvalue weighted by molar-refractivity contribution is -0.118. The third-order valence-corrected chi connectivity index (χ3v) is 1.69. The fourth-order valence-electron chi connectivity index (χ4n) is 0.690. The second-order valence-corrected chi connectivity index (χ2v) is 2.79. The van der Waals surface area contributed by atoms with Gasteiger partial charge in [0.15, 0.2) is 0 Å². The Bertz CT molecular complexity index is 89.8. The maximum atomic E-state index is 10.3. The van der Waals surface area contributed by atoms with Gasteiger partial charge in [-0.1, -0.05) is 6.92 Å². The first-order chi connectivity index (χ1) is 4.85. The fourth-order valence-corrected chi connectivity index (χ4v) is 0.932. The summed E-state index contributed by atoms with van der Waals surface area (Å²) in [5, 5.41) is 0. The summed E-state index contributed by atoms with van der Waals surface area (Å²) in [6.45, 7) is 4.59. The largest absolute Gasteiger partial charge is 0.344 e. The van der Waals surface area contributed by atoms with Crippen LogP contribution in [-0.4, -0.2) is 30.9 Å². The van der Waals surface area contributed by atoms with E-state index in [9.17, 15) is 4.79 Å². The summed E-state index contributed by atoms with van der Waals surface area (Å²) in [5.41, 5.74) is 0. The number of carbonyl (C=O) groups is 1. The maximum absolute atomic E-state index is 10.3. The normalized spacial score (nSPS) is 9.40. The van der Waals surface area contributed by atoms with Gasteiger partial charge in [-0.05, 0) is 6.42 Å². The average molecular weight is 256 g/mol. The smallest absolute Gasteiger partial charge is 0.209 e. The number of carbonyl (C=O) groups excluding carboxylic acids is 1. The SMILES string of the molecule is CCCN(C=O)CCNI. The molecule has 0 fully saturated rings. The molecule has 0 aromatic rings. The Morgan fingerprint density at radius 3 is 2.70 bits per heavy atom. The first-order valence-electron chi connectivity index (χ1n) is 3.38. The zero-order chi connectivity index (χ0) is 7.82. The van der Waals surface area contributed by atoms with Crippen LogP contribution in [0.1, 0.15) is 13.3 Å². The summed E-state index contributed by atoms with van der Waals surface area (Å²) < 4.78 is 2.96. The van der Waals surface area contributed by atoms with Crippen molar-refractivity contribution in [2.75, 3.05) is 19.6 Å². The average Bonchev–Trinajstić information content (AvgIpc) is 1.98. The van der Waals surface area contributed by atoms with Gasteiger partial charge in [-0.2, -0.15) is 0 Å². The van der Waals surface area contributed by atoms with E-state index in [2.05, 4.69) is 33.3 Å². The van der Waals surface area contributed by atoms with E-state index < -0.39 is 0 Å². The summed E-state index contributed by atoms with van der Waals surface area (Å²) in [5.74, 6) is 0. The number of hydrogen-bond donors (Lipinski definition) is 1. The van der Waals surface area contributed by atoms with Gasteiger partial charge >= 0.3 is 0 Å². The van der Waals surface area contributed by atoms with E-state index in [1.807, 2.05) is 0 Å². The molecule has 0 heterocycles. The summed E-state index contributed by atoms with van der Waals surface area (Å²) in [4.78, 5) is 12.1. The number of nitrogens with one attached hydrogen (secondary N) is 1. The quantitative estimate of drug-likeness (QED) is 0.433. The van der Waals surface area contributed by atoms with E-state index >= 15 is 0 Å². The van der Waals surface area contributed by atoms with E-state index in [-0.39, 0.29) is 0 Å². The lowest BCUT2D eigenvalue weighted by Crippen LogP contribution is -2.28. The molecule has 10 heavy (non-hydrogen) atoms. The van der Waals surface area contributed by atoms with Gasteiger partial charge in [0.1, 0.15) is 0 Å². The summed E-state index contributed by atoms with van der Waals surface area (Å²) in [7, 11) is 0. The number of halogens is 1. The van der Waals surface area contributed by atoms with Crippen molar-refractivity contribution in [3.05, 3.63) is 0 Å². The highest BCUT2D eigenvalue weighted by Gasteiger charge is 1.96. The molecular formula is C6H13IN2O. The Hall–Kier alpha value is 0.160. The monoisotopic (exact) mass is 256 g/mol. The molecule has 1 N–H and O–H groups in total. The van der Waals surface area contributed by atoms with Gasteiger partial charge in [0.2, 0.25) is 6.41 Å². The summed E-state index contributed by atoms with van der Waals surface area (Å²) in [6, 6.07) is 0. The lowest BCUT2D eigenvalue weighted by atomic mass is 10.4. The van der Waals surface area contributed by atoms with Crippen LogP contribution in [0.5, 0.6) is 0 Å². The van der Waals surface area contributed by atoms with Crippen molar-refractivity contribution in [3.8, 4) is 0 Å².